The molecule has 1 aromatic rings. The molecule has 0 aromatic heterocycles. The molecule has 1 spiro atoms. The Bertz CT molecular complexity index is 369. The Morgan fingerprint density at radius 1 is 1.29 bits per heavy atom. The first kappa shape index (κ1) is 8.75. The van der Waals surface area contributed by atoms with Crippen LogP contribution < -0.4 is 5.32 Å². The van der Waals surface area contributed by atoms with E-state index in [2.05, 4.69) is 17.4 Å². The van der Waals surface area contributed by atoms with Gasteiger partial charge in [0.25, 0.3) is 0 Å². The van der Waals surface area contributed by atoms with Gasteiger partial charge in [0.1, 0.15) is 0 Å². The van der Waals surface area contributed by atoms with Gasteiger partial charge in [0.15, 0.2) is 0 Å². The van der Waals surface area contributed by atoms with E-state index >= 15 is 0 Å². The standard InChI is InChI=1S/C12H14ClN/c13-10-3-4-11-9(8-10)2-1-5-12(11)6-7-14-12/h3-4,8,14H,1-2,5-7H2. The highest BCUT2D eigenvalue weighted by atomic mass is 35.5. The van der Waals surface area contributed by atoms with Crippen molar-refractivity contribution in [1.82, 2.24) is 5.32 Å². The van der Waals surface area contributed by atoms with Gasteiger partial charge in [-0.05, 0) is 55.5 Å². The first-order valence-electron chi connectivity index (χ1n) is 5.34. The Labute approximate surface area is 89.5 Å². The topological polar surface area (TPSA) is 12.0 Å². The predicted molar refractivity (Wildman–Crippen MR) is 58.7 cm³/mol. The summed E-state index contributed by atoms with van der Waals surface area (Å²) in [5.41, 5.74) is 3.27. The summed E-state index contributed by atoms with van der Waals surface area (Å²) in [6.45, 7) is 1.17. The predicted octanol–water partition coefficient (Wildman–Crippen LogP) is 2.86. The molecule has 2 aliphatic rings. The van der Waals surface area contributed by atoms with E-state index in [1.165, 1.54) is 43.4 Å². The monoisotopic (exact) mass is 207 g/mol. The van der Waals surface area contributed by atoms with Crippen molar-refractivity contribution < 1.29 is 0 Å². The molecular formula is C12H14ClN. The second-order valence-electron chi connectivity index (χ2n) is 4.41. The van der Waals surface area contributed by atoms with Crippen LogP contribution in [-0.4, -0.2) is 6.54 Å². The van der Waals surface area contributed by atoms with E-state index in [1.54, 1.807) is 0 Å². The maximum absolute atomic E-state index is 6.01. The van der Waals surface area contributed by atoms with Gasteiger partial charge in [-0.2, -0.15) is 0 Å². The molecule has 1 heterocycles. The molecule has 0 radical (unpaired) electrons. The third-order valence-corrected chi connectivity index (χ3v) is 3.88. The van der Waals surface area contributed by atoms with Gasteiger partial charge in [-0.3, -0.25) is 0 Å². The fraction of sp³-hybridized carbons (Fsp3) is 0.500. The van der Waals surface area contributed by atoms with Crippen molar-refractivity contribution in [2.24, 2.45) is 0 Å². The SMILES string of the molecule is Clc1ccc2c(c1)CCCC21CCN1. The van der Waals surface area contributed by atoms with Crippen LogP contribution in [0.3, 0.4) is 0 Å². The fourth-order valence-corrected chi connectivity index (χ4v) is 3.02. The zero-order valence-corrected chi connectivity index (χ0v) is 8.90. The normalized spacial score (nSPS) is 29.8. The second-order valence-corrected chi connectivity index (χ2v) is 4.85. The van der Waals surface area contributed by atoms with Gasteiger partial charge >= 0.3 is 0 Å². The number of nitrogens with one attached hydrogen (secondary N) is 1. The molecular weight excluding hydrogens is 194 g/mol. The summed E-state index contributed by atoms with van der Waals surface area (Å²) in [5, 5.41) is 4.47. The molecule has 1 saturated heterocycles. The van der Waals surface area contributed by atoms with E-state index in [4.69, 9.17) is 11.6 Å². The Balaban J connectivity index is 2.10. The summed E-state index contributed by atoms with van der Waals surface area (Å²) in [6, 6.07) is 6.37. The molecule has 0 bridgehead atoms. The number of benzene rings is 1. The van der Waals surface area contributed by atoms with Gasteiger partial charge in [-0.15, -0.1) is 0 Å². The second kappa shape index (κ2) is 2.98. The number of fused-ring (bicyclic) bond motifs is 2. The maximum Gasteiger partial charge on any atom is 0.0449 e. The highest BCUT2D eigenvalue weighted by Gasteiger charge is 2.40. The molecule has 1 aliphatic carbocycles. The van der Waals surface area contributed by atoms with Crippen molar-refractivity contribution in [2.75, 3.05) is 6.54 Å². The Morgan fingerprint density at radius 3 is 2.86 bits per heavy atom. The number of hydrogen-bond donors (Lipinski definition) is 1. The van der Waals surface area contributed by atoms with Gasteiger partial charge in [-0.25, -0.2) is 0 Å². The molecule has 1 unspecified atom stereocenters. The molecule has 14 heavy (non-hydrogen) atoms. The molecule has 1 fully saturated rings. The van der Waals surface area contributed by atoms with Crippen LogP contribution in [0.2, 0.25) is 5.02 Å². The van der Waals surface area contributed by atoms with Crippen LogP contribution in [0.5, 0.6) is 0 Å². The van der Waals surface area contributed by atoms with Crippen LogP contribution in [-0.2, 0) is 12.0 Å². The minimum atomic E-state index is 0.318. The Kier molecular flexibility index (Phi) is 1.86. The lowest BCUT2D eigenvalue weighted by Gasteiger charge is -2.47. The van der Waals surface area contributed by atoms with Crippen molar-refractivity contribution in [1.29, 1.82) is 0 Å². The van der Waals surface area contributed by atoms with Gasteiger partial charge in [-0.1, -0.05) is 17.7 Å². The van der Waals surface area contributed by atoms with Crippen molar-refractivity contribution >= 4 is 11.6 Å². The Hall–Kier alpha value is -0.530. The maximum atomic E-state index is 6.01. The van der Waals surface area contributed by atoms with Crippen LogP contribution in [0.4, 0.5) is 0 Å². The first-order chi connectivity index (χ1) is 6.80. The van der Waals surface area contributed by atoms with Crippen molar-refractivity contribution in [2.45, 2.75) is 31.2 Å². The lowest BCUT2D eigenvalue weighted by atomic mass is 9.71. The third-order valence-electron chi connectivity index (χ3n) is 3.65. The fourth-order valence-electron chi connectivity index (χ4n) is 2.82. The molecule has 1 nitrogen and oxygen atoms in total. The smallest absolute Gasteiger partial charge is 0.0449 e. The molecule has 1 aliphatic heterocycles. The first-order valence-corrected chi connectivity index (χ1v) is 5.72. The summed E-state index contributed by atoms with van der Waals surface area (Å²) in [6.07, 6.45) is 5.07. The lowest BCUT2D eigenvalue weighted by Crippen LogP contribution is -2.55. The van der Waals surface area contributed by atoms with E-state index in [0.29, 0.717) is 5.54 Å². The average Bonchev–Trinajstić information content (AvgIpc) is 2.13. The van der Waals surface area contributed by atoms with E-state index in [-0.39, 0.29) is 0 Å². The zero-order valence-electron chi connectivity index (χ0n) is 8.15. The molecule has 74 valence electrons. The summed E-state index contributed by atoms with van der Waals surface area (Å²) in [7, 11) is 0. The minimum Gasteiger partial charge on any atom is -0.307 e. The van der Waals surface area contributed by atoms with Gasteiger partial charge < -0.3 is 5.32 Å². The molecule has 1 N–H and O–H groups in total. The van der Waals surface area contributed by atoms with Gasteiger partial charge in [0, 0.05) is 10.6 Å². The molecule has 3 rings (SSSR count). The number of rotatable bonds is 0. The summed E-state index contributed by atoms with van der Waals surface area (Å²) < 4.78 is 0. The molecule has 2 heteroatoms. The van der Waals surface area contributed by atoms with Crippen LogP contribution in [0.25, 0.3) is 0 Å². The lowest BCUT2D eigenvalue weighted by molar-refractivity contribution is 0.178. The van der Waals surface area contributed by atoms with E-state index < -0.39 is 0 Å². The number of halogens is 1. The van der Waals surface area contributed by atoms with Gasteiger partial charge in [0.2, 0.25) is 0 Å². The molecule has 0 saturated carbocycles. The molecule has 0 amide bonds. The molecule has 1 aromatic carbocycles. The van der Waals surface area contributed by atoms with Crippen molar-refractivity contribution in [3.8, 4) is 0 Å². The quantitative estimate of drug-likeness (QED) is 0.690. The largest absolute Gasteiger partial charge is 0.307 e. The third kappa shape index (κ3) is 1.12. The molecule has 1 atom stereocenters. The highest BCUT2D eigenvalue weighted by Crippen LogP contribution is 2.42. The van der Waals surface area contributed by atoms with E-state index in [1.807, 2.05) is 6.07 Å². The van der Waals surface area contributed by atoms with E-state index in [9.17, 15) is 0 Å². The summed E-state index contributed by atoms with van der Waals surface area (Å²) >= 11 is 6.01. The van der Waals surface area contributed by atoms with Crippen LogP contribution in [0.15, 0.2) is 18.2 Å². The Morgan fingerprint density at radius 2 is 2.14 bits per heavy atom. The highest BCUT2D eigenvalue weighted by molar-refractivity contribution is 6.30. The summed E-state index contributed by atoms with van der Waals surface area (Å²) in [4.78, 5) is 0. The minimum absolute atomic E-state index is 0.318. The van der Waals surface area contributed by atoms with Crippen molar-refractivity contribution in [3.05, 3.63) is 34.3 Å². The zero-order chi connectivity index (χ0) is 9.60. The van der Waals surface area contributed by atoms with Gasteiger partial charge in [0.05, 0.1) is 0 Å². The van der Waals surface area contributed by atoms with Crippen LogP contribution in [0.1, 0.15) is 30.4 Å². The average molecular weight is 208 g/mol. The number of hydrogen-bond acceptors (Lipinski definition) is 1. The van der Waals surface area contributed by atoms with E-state index in [0.717, 1.165) is 5.02 Å². The summed E-state index contributed by atoms with van der Waals surface area (Å²) in [5.74, 6) is 0. The number of aryl methyl sites for hydroxylation is 1. The van der Waals surface area contributed by atoms with Crippen LogP contribution >= 0.6 is 11.6 Å². The van der Waals surface area contributed by atoms with Crippen molar-refractivity contribution in [3.63, 3.8) is 0 Å². The van der Waals surface area contributed by atoms with Crippen LogP contribution in [0, 0.1) is 0 Å².